The number of nitrogens with zero attached hydrogens (tertiary/aromatic N) is 5. The van der Waals surface area contributed by atoms with E-state index in [1.807, 2.05) is 32.8 Å². The molecule has 0 aliphatic heterocycles. The lowest BCUT2D eigenvalue weighted by molar-refractivity contribution is -0.126. The third-order valence-corrected chi connectivity index (χ3v) is 2.45. The largest absolute Gasteiger partial charge is 0.347 e. The van der Waals surface area contributed by atoms with Crippen molar-refractivity contribution in [1.82, 2.24) is 19.9 Å². The number of carbonyl (C=O) groups is 1. The number of likely N-dealkylation sites (N-methyl/N-ethyl adjacent to an activating group) is 1. The molecule has 1 N–H and O–H groups in total. The third-order valence-electron chi connectivity index (χ3n) is 2.45. The molecule has 0 aliphatic carbocycles. The Morgan fingerprint density at radius 2 is 1.79 bits per heavy atom. The number of amides is 1. The van der Waals surface area contributed by atoms with Gasteiger partial charge in [0.2, 0.25) is 17.8 Å². The first-order chi connectivity index (χ1) is 8.81. The maximum absolute atomic E-state index is 11.5. The summed E-state index contributed by atoms with van der Waals surface area (Å²) in [7, 11) is 7.16. The Bertz CT molecular complexity index is 418. The minimum Gasteiger partial charge on any atom is -0.347 e. The van der Waals surface area contributed by atoms with Crippen LogP contribution in [-0.2, 0) is 4.79 Å². The lowest BCUT2D eigenvalue weighted by Gasteiger charge is -2.15. The van der Waals surface area contributed by atoms with Crippen molar-refractivity contribution in [3.05, 3.63) is 5.82 Å². The Kier molecular flexibility index (Phi) is 5.02. The fourth-order valence-corrected chi connectivity index (χ4v) is 1.23. The topological polar surface area (TPSA) is 74.2 Å². The highest BCUT2D eigenvalue weighted by atomic mass is 16.2. The Hall–Kier alpha value is -1.92. The second kappa shape index (κ2) is 6.31. The van der Waals surface area contributed by atoms with Gasteiger partial charge in [-0.3, -0.25) is 4.79 Å². The fourth-order valence-electron chi connectivity index (χ4n) is 1.23. The summed E-state index contributed by atoms with van der Waals surface area (Å²) in [6, 6.07) is 0. The normalized spacial score (nSPS) is 10.5. The summed E-state index contributed by atoms with van der Waals surface area (Å²) in [6.45, 7) is 4.20. The van der Waals surface area contributed by atoms with Gasteiger partial charge in [0.25, 0.3) is 0 Å². The SMILES string of the molecule is CC(C)c1nc(NCC(=O)N(C)C)nc(N(C)C)n1. The number of rotatable bonds is 5. The molecule has 0 aliphatic rings. The smallest absolute Gasteiger partial charge is 0.241 e. The second-order valence-corrected chi connectivity index (χ2v) is 5.01. The van der Waals surface area contributed by atoms with Crippen LogP contribution in [0.3, 0.4) is 0 Å². The molecule has 19 heavy (non-hydrogen) atoms. The van der Waals surface area contributed by atoms with Crippen molar-refractivity contribution in [2.45, 2.75) is 19.8 Å². The van der Waals surface area contributed by atoms with Crippen LogP contribution in [0, 0.1) is 0 Å². The molecule has 1 aromatic rings. The number of hydrogen-bond donors (Lipinski definition) is 1. The van der Waals surface area contributed by atoms with Crippen molar-refractivity contribution < 1.29 is 4.79 Å². The molecule has 1 aromatic heterocycles. The molecule has 1 heterocycles. The fraction of sp³-hybridized carbons (Fsp3) is 0.667. The predicted octanol–water partition coefficient (Wildman–Crippen LogP) is 0.561. The molecule has 0 bridgehead atoms. The van der Waals surface area contributed by atoms with Crippen molar-refractivity contribution in [1.29, 1.82) is 0 Å². The molecule has 106 valence electrons. The van der Waals surface area contributed by atoms with Crippen LogP contribution in [0.25, 0.3) is 0 Å². The summed E-state index contributed by atoms with van der Waals surface area (Å²) in [5.74, 6) is 1.89. The number of anilines is 2. The van der Waals surface area contributed by atoms with Crippen LogP contribution in [0.5, 0.6) is 0 Å². The molecule has 0 fully saturated rings. The molecule has 0 radical (unpaired) electrons. The van der Waals surface area contributed by atoms with Crippen LogP contribution in [0.1, 0.15) is 25.6 Å². The van der Waals surface area contributed by atoms with E-state index in [1.165, 1.54) is 4.90 Å². The molecule has 1 amide bonds. The molecule has 0 saturated carbocycles. The molecule has 7 nitrogen and oxygen atoms in total. The van der Waals surface area contributed by atoms with Crippen LogP contribution >= 0.6 is 0 Å². The van der Waals surface area contributed by atoms with Gasteiger partial charge in [0.05, 0.1) is 6.54 Å². The summed E-state index contributed by atoms with van der Waals surface area (Å²) < 4.78 is 0. The van der Waals surface area contributed by atoms with Gasteiger partial charge >= 0.3 is 0 Å². The molecule has 0 atom stereocenters. The van der Waals surface area contributed by atoms with E-state index < -0.39 is 0 Å². The molecule has 7 heteroatoms. The Morgan fingerprint density at radius 1 is 1.16 bits per heavy atom. The van der Waals surface area contributed by atoms with Gasteiger partial charge in [-0.05, 0) is 0 Å². The zero-order chi connectivity index (χ0) is 14.6. The first-order valence-electron chi connectivity index (χ1n) is 6.18. The van der Waals surface area contributed by atoms with Gasteiger partial charge in [-0.25, -0.2) is 0 Å². The Balaban J connectivity index is 2.90. The van der Waals surface area contributed by atoms with E-state index in [4.69, 9.17) is 0 Å². The summed E-state index contributed by atoms with van der Waals surface area (Å²) >= 11 is 0. The van der Waals surface area contributed by atoms with Crippen LogP contribution in [0.15, 0.2) is 0 Å². The van der Waals surface area contributed by atoms with Gasteiger partial charge in [-0.1, -0.05) is 13.8 Å². The molecule has 0 unspecified atom stereocenters. The summed E-state index contributed by atoms with van der Waals surface area (Å²) in [5, 5.41) is 2.94. The van der Waals surface area contributed by atoms with E-state index in [2.05, 4.69) is 20.3 Å². The first kappa shape index (κ1) is 15.1. The summed E-state index contributed by atoms with van der Waals surface area (Å²) in [6.07, 6.45) is 0. The van der Waals surface area contributed by atoms with Gasteiger partial charge in [0.15, 0.2) is 0 Å². The number of hydrogen-bond acceptors (Lipinski definition) is 6. The molecular weight excluding hydrogens is 244 g/mol. The van der Waals surface area contributed by atoms with E-state index in [1.54, 1.807) is 14.1 Å². The van der Waals surface area contributed by atoms with Crippen LogP contribution < -0.4 is 10.2 Å². The zero-order valence-electron chi connectivity index (χ0n) is 12.4. The predicted molar refractivity (Wildman–Crippen MR) is 75.4 cm³/mol. The van der Waals surface area contributed by atoms with Crippen molar-refractivity contribution in [3.8, 4) is 0 Å². The third kappa shape index (κ3) is 4.35. The quantitative estimate of drug-likeness (QED) is 0.839. The summed E-state index contributed by atoms with van der Waals surface area (Å²) in [5.41, 5.74) is 0. The van der Waals surface area contributed by atoms with E-state index in [9.17, 15) is 4.79 Å². The minimum atomic E-state index is -0.0297. The average Bonchev–Trinajstić information content (AvgIpc) is 2.35. The van der Waals surface area contributed by atoms with Gasteiger partial charge < -0.3 is 15.1 Å². The Labute approximate surface area is 114 Å². The summed E-state index contributed by atoms with van der Waals surface area (Å²) in [4.78, 5) is 27.8. The van der Waals surface area contributed by atoms with Crippen molar-refractivity contribution in [2.24, 2.45) is 0 Å². The highest BCUT2D eigenvalue weighted by Gasteiger charge is 2.12. The highest BCUT2D eigenvalue weighted by molar-refractivity contribution is 5.79. The van der Waals surface area contributed by atoms with E-state index in [0.717, 1.165) is 0 Å². The van der Waals surface area contributed by atoms with Crippen molar-refractivity contribution in [2.75, 3.05) is 45.0 Å². The second-order valence-electron chi connectivity index (χ2n) is 5.01. The van der Waals surface area contributed by atoms with Gasteiger partial charge in [-0.15, -0.1) is 0 Å². The standard InChI is InChI=1S/C12H22N6O/c1-8(2)10-14-11(13-7-9(19)17(3)4)16-12(15-10)18(5)6/h8H,7H2,1-6H3,(H,13,14,15,16). The highest BCUT2D eigenvalue weighted by Crippen LogP contribution is 2.14. The van der Waals surface area contributed by atoms with Crippen LogP contribution in [0.2, 0.25) is 0 Å². The zero-order valence-corrected chi connectivity index (χ0v) is 12.4. The maximum atomic E-state index is 11.5. The molecule has 0 saturated heterocycles. The molecule has 0 aromatic carbocycles. The maximum Gasteiger partial charge on any atom is 0.241 e. The van der Waals surface area contributed by atoms with Gasteiger partial charge in [-0.2, -0.15) is 15.0 Å². The lowest BCUT2D eigenvalue weighted by Crippen LogP contribution is -2.29. The molecule has 1 rings (SSSR count). The number of carbonyl (C=O) groups excluding carboxylic acids is 1. The molecule has 0 spiro atoms. The average molecular weight is 266 g/mol. The van der Waals surface area contributed by atoms with E-state index in [0.29, 0.717) is 17.7 Å². The number of aromatic nitrogens is 3. The first-order valence-corrected chi connectivity index (χ1v) is 6.18. The molecular formula is C12H22N6O. The van der Waals surface area contributed by atoms with Crippen LogP contribution in [-0.4, -0.2) is 60.5 Å². The van der Waals surface area contributed by atoms with Crippen LogP contribution in [0.4, 0.5) is 11.9 Å². The van der Waals surface area contributed by atoms with Gasteiger partial charge in [0, 0.05) is 34.1 Å². The lowest BCUT2D eigenvalue weighted by atomic mass is 10.2. The Morgan fingerprint density at radius 3 is 2.26 bits per heavy atom. The minimum absolute atomic E-state index is 0.0297. The van der Waals surface area contributed by atoms with E-state index in [-0.39, 0.29) is 18.4 Å². The van der Waals surface area contributed by atoms with Crippen molar-refractivity contribution >= 4 is 17.8 Å². The monoisotopic (exact) mass is 266 g/mol. The number of nitrogens with one attached hydrogen (secondary N) is 1. The van der Waals surface area contributed by atoms with E-state index >= 15 is 0 Å². The van der Waals surface area contributed by atoms with Gasteiger partial charge in [0.1, 0.15) is 5.82 Å². The van der Waals surface area contributed by atoms with Crippen molar-refractivity contribution in [3.63, 3.8) is 0 Å².